The summed E-state index contributed by atoms with van der Waals surface area (Å²) in [5, 5.41) is 6.66. The molecule has 122 valence electrons. The van der Waals surface area contributed by atoms with Crippen molar-refractivity contribution in [2.45, 2.75) is 64.6 Å². The topological polar surface area (TPSA) is 50.4 Å². The van der Waals surface area contributed by atoms with E-state index in [4.69, 9.17) is 4.74 Å². The number of aryl methyl sites for hydroxylation is 1. The number of nitrogens with one attached hydrogen (secondary N) is 2. The van der Waals surface area contributed by atoms with Crippen LogP contribution in [0.2, 0.25) is 0 Å². The van der Waals surface area contributed by atoms with Gasteiger partial charge in [0.1, 0.15) is 12.4 Å². The number of carbonyl (C=O) groups excluding carboxylic acids is 1. The Bertz CT molecular complexity index is 482. The first-order valence-electron chi connectivity index (χ1n) is 8.26. The van der Waals surface area contributed by atoms with Crippen molar-refractivity contribution >= 4 is 5.91 Å². The first-order chi connectivity index (χ1) is 10.5. The van der Waals surface area contributed by atoms with E-state index < -0.39 is 0 Å². The average molecular weight is 304 g/mol. The minimum absolute atomic E-state index is 0.0800. The summed E-state index contributed by atoms with van der Waals surface area (Å²) in [4.78, 5) is 11.1. The molecular formula is C18H28N2O2. The van der Waals surface area contributed by atoms with Gasteiger partial charge in [0.05, 0.1) is 0 Å². The van der Waals surface area contributed by atoms with E-state index in [1.54, 1.807) is 6.92 Å². The van der Waals surface area contributed by atoms with Crippen LogP contribution in [0, 0.1) is 6.92 Å². The number of ether oxygens (including phenoxy) is 1. The third-order valence-corrected chi connectivity index (χ3v) is 4.24. The normalized spacial score (nSPS) is 22.9. The minimum atomic E-state index is 0.0800. The molecule has 0 aliphatic heterocycles. The van der Waals surface area contributed by atoms with Crippen LogP contribution in [0.25, 0.3) is 0 Å². The van der Waals surface area contributed by atoms with Crippen LogP contribution >= 0.6 is 0 Å². The van der Waals surface area contributed by atoms with Gasteiger partial charge in [-0.05, 0) is 51.2 Å². The van der Waals surface area contributed by atoms with Crippen molar-refractivity contribution in [3.8, 4) is 5.75 Å². The van der Waals surface area contributed by atoms with E-state index in [-0.39, 0.29) is 5.91 Å². The molecule has 1 aliphatic carbocycles. The largest absolute Gasteiger partial charge is 0.492 e. The Morgan fingerprint density at radius 2 is 1.86 bits per heavy atom. The van der Waals surface area contributed by atoms with Gasteiger partial charge in [0.2, 0.25) is 5.91 Å². The van der Waals surface area contributed by atoms with Gasteiger partial charge in [-0.2, -0.15) is 0 Å². The number of amides is 1. The second kappa shape index (κ2) is 8.18. The molecule has 2 N–H and O–H groups in total. The fourth-order valence-corrected chi connectivity index (χ4v) is 3.08. The van der Waals surface area contributed by atoms with Crippen LogP contribution in [0.3, 0.4) is 0 Å². The van der Waals surface area contributed by atoms with E-state index in [9.17, 15) is 4.79 Å². The van der Waals surface area contributed by atoms with Crippen LogP contribution in [0.1, 0.15) is 45.1 Å². The maximum Gasteiger partial charge on any atom is 0.217 e. The predicted octanol–water partition coefficient (Wildman–Crippen LogP) is 2.80. The maximum atomic E-state index is 11.1. The standard InChI is InChI=1S/C18H28N2O2/c1-13-6-4-5-7-18(13)22-12-14(2)19-16-8-10-17(11-9-16)20-15(3)21/h4-7,14,16-17,19H,8-12H2,1-3H3,(H,20,21). The summed E-state index contributed by atoms with van der Waals surface area (Å²) in [6, 6.07) is 9.31. The van der Waals surface area contributed by atoms with Crippen molar-refractivity contribution in [3.05, 3.63) is 29.8 Å². The molecule has 1 saturated carbocycles. The number of carbonyl (C=O) groups is 1. The molecule has 1 aromatic rings. The highest BCUT2D eigenvalue weighted by atomic mass is 16.5. The van der Waals surface area contributed by atoms with Gasteiger partial charge in [0, 0.05) is 25.0 Å². The quantitative estimate of drug-likeness (QED) is 0.849. The Morgan fingerprint density at radius 3 is 2.50 bits per heavy atom. The second-order valence-electron chi connectivity index (χ2n) is 6.39. The zero-order chi connectivity index (χ0) is 15.9. The minimum Gasteiger partial charge on any atom is -0.492 e. The molecule has 4 nitrogen and oxygen atoms in total. The van der Waals surface area contributed by atoms with Crippen molar-refractivity contribution < 1.29 is 9.53 Å². The van der Waals surface area contributed by atoms with Gasteiger partial charge < -0.3 is 15.4 Å². The van der Waals surface area contributed by atoms with E-state index in [0.717, 1.165) is 31.4 Å². The van der Waals surface area contributed by atoms with Crippen LogP contribution in [0.5, 0.6) is 5.75 Å². The first kappa shape index (κ1) is 16.8. The lowest BCUT2D eigenvalue weighted by Gasteiger charge is -2.31. The van der Waals surface area contributed by atoms with Crippen LogP contribution < -0.4 is 15.4 Å². The number of para-hydroxylation sites is 1. The summed E-state index contributed by atoms with van der Waals surface area (Å²) in [7, 11) is 0. The number of benzene rings is 1. The van der Waals surface area contributed by atoms with E-state index in [1.807, 2.05) is 18.2 Å². The molecule has 1 fully saturated rings. The molecule has 1 amide bonds. The number of hydrogen-bond acceptors (Lipinski definition) is 3. The van der Waals surface area contributed by atoms with Crippen LogP contribution in [-0.2, 0) is 4.79 Å². The molecular weight excluding hydrogens is 276 g/mol. The monoisotopic (exact) mass is 304 g/mol. The Balaban J connectivity index is 1.69. The molecule has 2 rings (SSSR count). The van der Waals surface area contributed by atoms with Gasteiger partial charge in [-0.15, -0.1) is 0 Å². The molecule has 0 spiro atoms. The molecule has 22 heavy (non-hydrogen) atoms. The predicted molar refractivity (Wildman–Crippen MR) is 89.1 cm³/mol. The average Bonchev–Trinajstić information content (AvgIpc) is 2.48. The molecule has 0 saturated heterocycles. The van der Waals surface area contributed by atoms with Gasteiger partial charge in [-0.1, -0.05) is 18.2 Å². The Kier molecular flexibility index (Phi) is 6.25. The lowest BCUT2D eigenvalue weighted by molar-refractivity contribution is -0.119. The van der Waals surface area contributed by atoms with Crippen molar-refractivity contribution in [1.82, 2.24) is 10.6 Å². The van der Waals surface area contributed by atoms with Gasteiger partial charge in [-0.3, -0.25) is 4.79 Å². The Hall–Kier alpha value is -1.55. The van der Waals surface area contributed by atoms with Gasteiger partial charge in [0.15, 0.2) is 0 Å². The molecule has 0 radical (unpaired) electrons. The third kappa shape index (κ3) is 5.34. The Morgan fingerprint density at radius 1 is 1.23 bits per heavy atom. The molecule has 0 aromatic heterocycles. The van der Waals surface area contributed by atoms with E-state index >= 15 is 0 Å². The van der Waals surface area contributed by atoms with E-state index in [1.165, 1.54) is 5.56 Å². The van der Waals surface area contributed by atoms with Gasteiger partial charge in [-0.25, -0.2) is 0 Å². The highest BCUT2D eigenvalue weighted by molar-refractivity contribution is 5.73. The highest BCUT2D eigenvalue weighted by Gasteiger charge is 2.22. The molecule has 1 atom stereocenters. The second-order valence-corrected chi connectivity index (χ2v) is 6.39. The highest BCUT2D eigenvalue weighted by Crippen LogP contribution is 2.20. The molecule has 0 bridgehead atoms. The summed E-state index contributed by atoms with van der Waals surface area (Å²) < 4.78 is 5.89. The van der Waals surface area contributed by atoms with Crippen LogP contribution in [0.4, 0.5) is 0 Å². The van der Waals surface area contributed by atoms with Crippen molar-refractivity contribution in [1.29, 1.82) is 0 Å². The molecule has 1 aromatic carbocycles. The van der Waals surface area contributed by atoms with E-state index in [0.29, 0.717) is 24.7 Å². The molecule has 1 aliphatic rings. The zero-order valence-electron chi connectivity index (χ0n) is 13.9. The van der Waals surface area contributed by atoms with Crippen molar-refractivity contribution in [3.63, 3.8) is 0 Å². The lowest BCUT2D eigenvalue weighted by Crippen LogP contribution is -2.45. The first-order valence-corrected chi connectivity index (χ1v) is 8.26. The van der Waals surface area contributed by atoms with E-state index in [2.05, 4.69) is 30.5 Å². The summed E-state index contributed by atoms with van der Waals surface area (Å²) >= 11 is 0. The van der Waals surface area contributed by atoms with Crippen LogP contribution in [-0.4, -0.2) is 30.6 Å². The third-order valence-electron chi connectivity index (χ3n) is 4.24. The fourth-order valence-electron chi connectivity index (χ4n) is 3.08. The van der Waals surface area contributed by atoms with Gasteiger partial charge >= 0.3 is 0 Å². The number of hydrogen-bond donors (Lipinski definition) is 2. The molecule has 4 heteroatoms. The molecule has 1 unspecified atom stereocenters. The summed E-state index contributed by atoms with van der Waals surface area (Å²) in [6.45, 7) is 6.50. The van der Waals surface area contributed by atoms with Gasteiger partial charge in [0.25, 0.3) is 0 Å². The zero-order valence-corrected chi connectivity index (χ0v) is 13.9. The SMILES string of the molecule is CC(=O)NC1CCC(NC(C)COc2ccccc2C)CC1. The maximum absolute atomic E-state index is 11.1. The summed E-state index contributed by atoms with van der Waals surface area (Å²) in [5.74, 6) is 1.04. The van der Waals surface area contributed by atoms with Crippen molar-refractivity contribution in [2.24, 2.45) is 0 Å². The van der Waals surface area contributed by atoms with Crippen molar-refractivity contribution in [2.75, 3.05) is 6.61 Å². The summed E-state index contributed by atoms with van der Waals surface area (Å²) in [6.07, 6.45) is 4.34. The smallest absolute Gasteiger partial charge is 0.217 e. The van der Waals surface area contributed by atoms with Crippen LogP contribution in [0.15, 0.2) is 24.3 Å². The molecule has 0 heterocycles. The number of rotatable bonds is 6. The lowest BCUT2D eigenvalue weighted by atomic mass is 9.90. The fraction of sp³-hybridized carbons (Fsp3) is 0.611. The Labute approximate surface area is 133 Å². The summed E-state index contributed by atoms with van der Waals surface area (Å²) in [5.41, 5.74) is 1.17.